The van der Waals surface area contributed by atoms with Crippen molar-refractivity contribution in [2.24, 2.45) is 0 Å². The number of nitrogens with two attached hydrogens (primary N) is 1. The number of piperidine rings is 1. The fourth-order valence-electron chi connectivity index (χ4n) is 7.63. The Balaban J connectivity index is 0.987. The number of benzene rings is 4. The van der Waals surface area contributed by atoms with Crippen LogP contribution in [0.2, 0.25) is 0 Å². The lowest BCUT2D eigenvalue weighted by molar-refractivity contribution is -0.129. The molecule has 2 N–H and O–H groups in total. The van der Waals surface area contributed by atoms with Crippen LogP contribution in [0, 0.1) is 0 Å². The number of nitrogen functional groups attached to an aromatic ring is 1. The smallest absolute Gasteiger partial charge is 0.418 e. The summed E-state index contributed by atoms with van der Waals surface area (Å²) in [7, 11) is 5.87. The van der Waals surface area contributed by atoms with E-state index in [2.05, 4.69) is 16.5 Å². The topological polar surface area (TPSA) is 184 Å². The Morgan fingerprint density at radius 2 is 1.55 bits per heavy atom. The molecule has 1 amide bonds. The van der Waals surface area contributed by atoms with E-state index in [1.165, 1.54) is 57.7 Å². The van der Waals surface area contributed by atoms with Crippen LogP contribution in [0.15, 0.2) is 110 Å². The second kappa shape index (κ2) is 17.4. The van der Waals surface area contributed by atoms with Crippen molar-refractivity contribution in [3.8, 4) is 45.8 Å². The summed E-state index contributed by atoms with van der Waals surface area (Å²) in [6, 6.07) is 24.8. The van der Waals surface area contributed by atoms with E-state index >= 15 is 0 Å². The largest absolute Gasteiger partial charge is 0.497 e. The summed E-state index contributed by atoms with van der Waals surface area (Å²) in [4.78, 5) is 52.2. The quantitative estimate of drug-likeness (QED) is 0.0891. The summed E-state index contributed by atoms with van der Waals surface area (Å²) in [5.74, 6) is 2.24. The average Bonchev–Trinajstić information content (AvgIpc) is 3.90. The van der Waals surface area contributed by atoms with Gasteiger partial charge in [0, 0.05) is 53.0 Å². The Labute approximate surface area is 356 Å². The Hall–Kier alpha value is -7.88. The highest BCUT2D eigenvalue weighted by atomic mass is 16.6. The number of ether oxygens (including phenoxy) is 6. The molecule has 1 atom stereocenters. The molecule has 1 aliphatic heterocycles. The SMILES string of the molecule is C=C(COC(=O)n1cc(C(=O)c2cc(OC)c(OC)c(OC)c2)c2ccc(OC)cc21)C(=O)N1CCCC(n2nc(-c3ccc(Oc4ccccc4)cc3)c3c(N)ncnc32)C1. The van der Waals surface area contributed by atoms with Crippen molar-refractivity contribution in [3.05, 3.63) is 121 Å². The van der Waals surface area contributed by atoms with Crippen LogP contribution in [0.4, 0.5) is 10.6 Å². The maximum Gasteiger partial charge on any atom is 0.418 e. The number of carbonyl (C=O) groups excluding carboxylic acids is 3. The summed E-state index contributed by atoms with van der Waals surface area (Å²) >= 11 is 0. The minimum atomic E-state index is -0.829. The van der Waals surface area contributed by atoms with E-state index in [4.69, 9.17) is 39.3 Å². The van der Waals surface area contributed by atoms with Crippen LogP contribution in [-0.4, -0.2) is 95.1 Å². The zero-order valence-corrected chi connectivity index (χ0v) is 34.5. The Bertz CT molecular complexity index is 2810. The third-order valence-electron chi connectivity index (χ3n) is 10.7. The predicted molar refractivity (Wildman–Crippen MR) is 230 cm³/mol. The molecule has 1 saturated heterocycles. The molecule has 0 spiro atoms. The van der Waals surface area contributed by atoms with E-state index in [1.54, 1.807) is 23.1 Å². The fraction of sp³-hybridized carbons (Fsp3) is 0.217. The van der Waals surface area contributed by atoms with Crippen LogP contribution < -0.4 is 29.4 Å². The number of hydrogen-bond donors (Lipinski definition) is 1. The molecule has 4 aromatic carbocycles. The molecular weight excluding hydrogens is 795 g/mol. The van der Waals surface area contributed by atoms with Gasteiger partial charge in [0.1, 0.15) is 41.7 Å². The standard InChI is InChI=1S/C46H43N7O9/c1-27(25-61-46(56)52-24-35(34-18-17-33(57-2)22-36(34)52)41(54)29-20-37(58-3)42(60-5)38(21-29)59-4)45(55)51-19-9-10-30(23-51)53-44-39(43(47)48-26-49-44)40(50-53)28-13-15-32(16-14-28)62-31-11-7-6-8-12-31/h6-8,11-18,20-22,24,26,30H,1,9-10,19,23,25H2,2-5H3,(H2,47,48,49). The van der Waals surface area contributed by atoms with Gasteiger partial charge in [0.25, 0.3) is 5.91 Å². The normalized spacial score (nSPS) is 13.7. The van der Waals surface area contributed by atoms with Crippen molar-refractivity contribution in [2.45, 2.75) is 18.9 Å². The maximum atomic E-state index is 14.0. The van der Waals surface area contributed by atoms with Gasteiger partial charge < -0.3 is 39.1 Å². The molecule has 1 aliphatic rings. The maximum absolute atomic E-state index is 14.0. The third-order valence-corrected chi connectivity index (χ3v) is 10.7. The molecule has 316 valence electrons. The van der Waals surface area contributed by atoms with Gasteiger partial charge in [-0.3, -0.25) is 14.2 Å². The van der Waals surface area contributed by atoms with E-state index in [9.17, 15) is 14.4 Å². The molecule has 0 aliphatic carbocycles. The first-order valence-electron chi connectivity index (χ1n) is 19.6. The molecule has 4 heterocycles. The molecule has 7 aromatic rings. The second-order valence-electron chi connectivity index (χ2n) is 14.4. The third kappa shape index (κ3) is 7.80. The molecule has 1 unspecified atom stereocenters. The van der Waals surface area contributed by atoms with Crippen LogP contribution in [0.1, 0.15) is 34.8 Å². The van der Waals surface area contributed by atoms with Crippen LogP contribution >= 0.6 is 0 Å². The number of para-hydroxylation sites is 1. The van der Waals surface area contributed by atoms with Gasteiger partial charge in [0.15, 0.2) is 22.9 Å². The summed E-state index contributed by atoms with van der Waals surface area (Å²) in [6.45, 7) is 4.34. The van der Waals surface area contributed by atoms with E-state index in [1.807, 2.05) is 59.3 Å². The summed E-state index contributed by atoms with van der Waals surface area (Å²) in [5.41, 5.74) is 9.22. The van der Waals surface area contributed by atoms with Crippen LogP contribution in [0.5, 0.6) is 34.5 Å². The molecule has 0 bridgehead atoms. The van der Waals surface area contributed by atoms with Gasteiger partial charge in [-0.2, -0.15) is 5.10 Å². The minimum Gasteiger partial charge on any atom is -0.497 e. The number of carbonyl (C=O) groups is 3. The molecule has 16 nitrogen and oxygen atoms in total. The molecular formula is C46H43N7O9. The van der Waals surface area contributed by atoms with E-state index in [0.29, 0.717) is 75.9 Å². The van der Waals surface area contributed by atoms with Crippen molar-refractivity contribution < 1.29 is 42.8 Å². The first kappa shape index (κ1) is 40.9. The average molecular weight is 838 g/mol. The molecule has 16 heteroatoms. The number of rotatable bonds is 13. The lowest BCUT2D eigenvalue weighted by Crippen LogP contribution is -2.42. The number of amides is 1. The molecule has 0 radical (unpaired) electrons. The number of fused-ring (bicyclic) bond motifs is 2. The Kier molecular flexibility index (Phi) is 11.5. The summed E-state index contributed by atoms with van der Waals surface area (Å²) in [5, 5.41) is 6.06. The number of likely N-dealkylation sites (tertiary alicyclic amines) is 1. The molecule has 1 fully saturated rings. The van der Waals surface area contributed by atoms with Gasteiger partial charge >= 0.3 is 6.09 Å². The van der Waals surface area contributed by atoms with Crippen LogP contribution in [-0.2, 0) is 9.53 Å². The van der Waals surface area contributed by atoms with Gasteiger partial charge in [-0.1, -0.05) is 24.8 Å². The predicted octanol–water partition coefficient (Wildman–Crippen LogP) is 7.49. The van der Waals surface area contributed by atoms with Crippen LogP contribution in [0.25, 0.3) is 33.2 Å². The Morgan fingerprint density at radius 1 is 0.839 bits per heavy atom. The van der Waals surface area contributed by atoms with Crippen molar-refractivity contribution in [1.29, 1.82) is 0 Å². The fourth-order valence-corrected chi connectivity index (χ4v) is 7.63. The summed E-state index contributed by atoms with van der Waals surface area (Å²) in [6.07, 6.45) is 3.35. The number of methoxy groups -OCH3 is 4. The number of hydrogen-bond acceptors (Lipinski definition) is 13. The molecule has 8 rings (SSSR count). The number of anilines is 1. The summed E-state index contributed by atoms with van der Waals surface area (Å²) < 4.78 is 36.4. The molecule has 62 heavy (non-hydrogen) atoms. The highest BCUT2D eigenvalue weighted by molar-refractivity contribution is 6.18. The van der Waals surface area contributed by atoms with Gasteiger partial charge in [-0.25, -0.2) is 19.4 Å². The zero-order chi connectivity index (χ0) is 43.5. The van der Waals surface area contributed by atoms with Crippen molar-refractivity contribution in [1.82, 2.24) is 29.2 Å². The minimum absolute atomic E-state index is 0.0668. The highest BCUT2D eigenvalue weighted by Crippen LogP contribution is 2.40. The first-order valence-corrected chi connectivity index (χ1v) is 19.6. The Morgan fingerprint density at radius 3 is 2.24 bits per heavy atom. The van der Waals surface area contributed by atoms with Gasteiger partial charge in [-0.15, -0.1) is 0 Å². The van der Waals surface area contributed by atoms with E-state index in [-0.39, 0.29) is 34.5 Å². The van der Waals surface area contributed by atoms with Crippen molar-refractivity contribution >= 4 is 45.5 Å². The number of aromatic nitrogens is 5. The van der Waals surface area contributed by atoms with Gasteiger partial charge in [0.2, 0.25) is 5.75 Å². The lowest BCUT2D eigenvalue weighted by Gasteiger charge is -2.33. The number of nitrogens with zero attached hydrogens (tertiary/aromatic N) is 6. The highest BCUT2D eigenvalue weighted by Gasteiger charge is 2.31. The second-order valence-corrected chi connectivity index (χ2v) is 14.4. The van der Waals surface area contributed by atoms with Crippen molar-refractivity contribution in [3.63, 3.8) is 0 Å². The van der Waals surface area contributed by atoms with Gasteiger partial charge in [0.05, 0.1) is 45.4 Å². The monoisotopic (exact) mass is 837 g/mol. The zero-order valence-electron chi connectivity index (χ0n) is 34.5. The molecule has 3 aromatic heterocycles. The molecule has 0 saturated carbocycles. The van der Waals surface area contributed by atoms with Crippen molar-refractivity contribution in [2.75, 3.05) is 53.9 Å². The lowest BCUT2D eigenvalue weighted by atomic mass is 10.0. The van der Waals surface area contributed by atoms with E-state index < -0.39 is 18.5 Å². The first-order chi connectivity index (χ1) is 30.1. The van der Waals surface area contributed by atoms with Crippen LogP contribution in [0.3, 0.4) is 0 Å². The van der Waals surface area contributed by atoms with Gasteiger partial charge in [-0.05, 0) is 73.5 Å². The number of ketones is 1. The van der Waals surface area contributed by atoms with E-state index in [0.717, 1.165) is 17.7 Å².